The van der Waals surface area contributed by atoms with Crippen molar-refractivity contribution in [1.82, 2.24) is 9.97 Å². The molecular formula is C11H14F4N2O3. The monoisotopic (exact) mass is 298 g/mol. The van der Waals surface area contributed by atoms with Crippen molar-refractivity contribution >= 4 is 0 Å². The first kappa shape index (κ1) is 16.6. The average molecular weight is 298 g/mol. The number of nitrogens with one attached hydrogen (secondary N) is 1. The van der Waals surface area contributed by atoms with Gasteiger partial charge < -0.3 is 14.8 Å². The summed E-state index contributed by atoms with van der Waals surface area (Å²) in [4.78, 5) is 17.8. The summed E-state index contributed by atoms with van der Waals surface area (Å²) < 4.78 is 53.4. The molecule has 20 heavy (non-hydrogen) atoms. The van der Waals surface area contributed by atoms with Crippen molar-refractivity contribution in [2.24, 2.45) is 0 Å². The summed E-state index contributed by atoms with van der Waals surface area (Å²) in [5, 5.41) is 8.76. The predicted molar refractivity (Wildman–Crippen MR) is 61.0 cm³/mol. The quantitative estimate of drug-likeness (QED) is 0.737. The van der Waals surface area contributed by atoms with Gasteiger partial charge in [0.15, 0.2) is 0 Å². The lowest BCUT2D eigenvalue weighted by molar-refractivity contribution is -0.168. The Bertz CT molecular complexity index is 505. The van der Waals surface area contributed by atoms with Crippen LogP contribution in [0.1, 0.15) is 17.1 Å². The maximum absolute atomic E-state index is 12.6. The Hall–Kier alpha value is -1.48. The van der Waals surface area contributed by atoms with Crippen LogP contribution < -0.4 is 5.56 Å². The number of aromatic nitrogens is 2. The third kappa shape index (κ3) is 4.27. The molecule has 0 aliphatic carbocycles. The lowest BCUT2D eigenvalue weighted by atomic mass is 10.2. The normalized spacial score (nSPS) is 12.2. The van der Waals surface area contributed by atoms with Gasteiger partial charge in [-0.1, -0.05) is 0 Å². The fraction of sp³-hybridized carbons (Fsp3) is 0.636. The van der Waals surface area contributed by atoms with Gasteiger partial charge in [-0.15, -0.1) is 0 Å². The number of rotatable bonds is 7. The van der Waals surface area contributed by atoms with Crippen LogP contribution in [0.3, 0.4) is 0 Å². The van der Waals surface area contributed by atoms with E-state index in [-0.39, 0.29) is 24.4 Å². The van der Waals surface area contributed by atoms with E-state index in [0.717, 1.165) is 0 Å². The number of ether oxygens (including phenoxy) is 1. The Morgan fingerprint density at radius 1 is 1.45 bits per heavy atom. The fourth-order valence-corrected chi connectivity index (χ4v) is 1.49. The van der Waals surface area contributed by atoms with Crippen molar-refractivity contribution in [2.75, 3.05) is 13.2 Å². The number of hydrogen-bond acceptors (Lipinski definition) is 4. The molecule has 2 N–H and O–H groups in total. The topological polar surface area (TPSA) is 75.2 Å². The zero-order valence-corrected chi connectivity index (χ0v) is 10.6. The van der Waals surface area contributed by atoms with Gasteiger partial charge in [-0.05, 0) is 6.92 Å². The molecule has 1 aromatic rings. The van der Waals surface area contributed by atoms with E-state index in [9.17, 15) is 22.4 Å². The molecule has 0 fully saturated rings. The smallest absolute Gasteiger partial charge is 0.330 e. The molecule has 0 unspecified atom stereocenters. The summed E-state index contributed by atoms with van der Waals surface area (Å²) in [6, 6.07) is 0. The first-order valence-corrected chi connectivity index (χ1v) is 5.71. The van der Waals surface area contributed by atoms with Crippen molar-refractivity contribution in [3.63, 3.8) is 0 Å². The molecule has 0 radical (unpaired) electrons. The van der Waals surface area contributed by atoms with E-state index in [1.807, 2.05) is 0 Å². The lowest BCUT2D eigenvalue weighted by Crippen LogP contribution is -2.32. The minimum absolute atomic E-state index is 0.0424. The van der Waals surface area contributed by atoms with E-state index in [0.29, 0.717) is 5.69 Å². The molecule has 0 saturated heterocycles. The largest absolute Gasteiger partial charge is 0.396 e. The molecule has 9 heteroatoms. The second-order valence-electron chi connectivity index (χ2n) is 4.10. The molecule has 1 aromatic heterocycles. The first-order chi connectivity index (χ1) is 9.27. The van der Waals surface area contributed by atoms with Crippen LogP contribution in [0.25, 0.3) is 0 Å². The molecule has 0 aliphatic heterocycles. The molecule has 0 aromatic carbocycles. The van der Waals surface area contributed by atoms with Gasteiger partial charge in [-0.3, -0.25) is 4.79 Å². The standard InChI is InChI=1S/C11H14F4N2O3/c1-6-7(2-3-18)9(19)17-8(16-6)4-20-5-11(14,15)10(12)13/h10,18H,2-5H2,1H3,(H,16,17,19). The zero-order valence-electron chi connectivity index (χ0n) is 10.6. The van der Waals surface area contributed by atoms with Crippen LogP contribution in [-0.2, 0) is 17.8 Å². The molecule has 0 amide bonds. The maximum atomic E-state index is 12.6. The Morgan fingerprint density at radius 3 is 2.60 bits per heavy atom. The minimum atomic E-state index is -4.24. The highest BCUT2D eigenvalue weighted by atomic mass is 19.3. The number of H-pyrrole nitrogens is 1. The van der Waals surface area contributed by atoms with Crippen molar-refractivity contribution in [1.29, 1.82) is 0 Å². The Morgan fingerprint density at radius 2 is 2.10 bits per heavy atom. The second-order valence-corrected chi connectivity index (χ2v) is 4.10. The third-order valence-corrected chi connectivity index (χ3v) is 2.49. The van der Waals surface area contributed by atoms with Crippen LogP contribution in [0.5, 0.6) is 0 Å². The van der Waals surface area contributed by atoms with Crippen LogP contribution >= 0.6 is 0 Å². The van der Waals surface area contributed by atoms with E-state index < -0.39 is 31.1 Å². The molecule has 0 spiro atoms. The van der Waals surface area contributed by atoms with Crippen molar-refractivity contribution in [2.45, 2.75) is 32.3 Å². The van der Waals surface area contributed by atoms with Gasteiger partial charge in [0, 0.05) is 24.3 Å². The van der Waals surface area contributed by atoms with Gasteiger partial charge >= 0.3 is 12.3 Å². The van der Waals surface area contributed by atoms with Crippen LogP contribution in [-0.4, -0.2) is 40.6 Å². The Balaban J connectivity index is 2.69. The van der Waals surface area contributed by atoms with Crippen LogP contribution in [0, 0.1) is 6.92 Å². The Kier molecular flexibility index (Phi) is 5.63. The van der Waals surface area contributed by atoms with E-state index in [1.54, 1.807) is 0 Å². The number of alkyl halides is 4. The summed E-state index contributed by atoms with van der Waals surface area (Å²) in [5.41, 5.74) is 0.0712. The van der Waals surface area contributed by atoms with E-state index in [1.165, 1.54) is 6.92 Å². The number of aliphatic hydroxyl groups excluding tert-OH is 1. The van der Waals surface area contributed by atoms with Crippen molar-refractivity contribution in [3.05, 3.63) is 27.4 Å². The molecule has 0 aliphatic rings. The van der Waals surface area contributed by atoms with E-state index >= 15 is 0 Å². The average Bonchev–Trinajstić information content (AvgIpc) is 2.33. The summed E-state index contributed by atoms with van der Waals surface area (Å²) in [6.07, 6.45) is -3.71. The summed E-state index contributed by atoms with van der Waals surface area (Å²) >= 11 is 0. The molecule has 0 saturated carbocycles. The van der Waals surface area contributed by atoms with Crippen LogP contribution in [0.4, 0.5) is 17.6 Å². The lowest BCUT2D eigenvalue weighted by Gasteiger charge is -2.15. The fourth-order valence-electron chi connectivity index (χ4n) is 1.49. The highest BCUT2D eigenvalue weighted by Gasteiger charge is 2.40. The zero-order chi connectivity index (χ0) is 15.3. The molecule has 5 nitrogen and oxygen atoms in total. The van der Waals surface area contributed by atoms with Crippen LogP contribution in [0.2, 0.25) is 0 Å². The van der Waals surface area contributed by atoms with Gasteiger partial charge in [0.05, 0.1) is 0 Å². The third-order valence-electron chi connectivity index (χ3n) is 2.49. The van der Waals surface area contributed by atoms with Gasteiger partial charge in [-0.2, -0.15) is 8.78 Å². The van der Waals surface area contributed by atoms with Crippen LogP contribution in [0.15, 0.2) is 4.79 Å². The molecule has 1 rings (SSSR count). The number of aromatic amines is 1. The molecule has 0 bridgehead atoms. The number of aliphatic hydroxyl groups is 1. The van der Waals surface area contributed by atoms with Crippen molar-refractivity contribution in [3.8, 4) is 0 Å². The summed E-state index contributed by atoms with van der Waals surface area (Å²) in [6.45, 7) is -0.705. The summed E-state index contributed by atoms with van der Waals surface area (Å²) in [5.74, 6) is -4.29. The van der Waals surface area contributed by atoms with Gasteiger partial charge in [0.1, 0.15) is 19.0 Å². The minimum Gasteiger partial charge on any atom is -0.396 e. The molecular weight excluding hydrogens is 284 g/mol. The number of nitrogens with zero attached hydrogens (tertiary/aromatic N) is 1. The van der Waals surface area contributed by atoms with Gasteiger partial charge in [0.25, 0.3) is 5.56 Å². The molecule has 1 heterocycles. The number of halogens is 4. The van der Waals surface area contributed by atoms with Gasteiger partial charge in [-0.25, -0.2) is 13.8 Å². The second kappa shape index (κ2) is 6.80. The summed E-state index contributed by atoms with van der Waals surface area (Å²) in [7, 11) is 0. The SMILES string of the molecule is Cc1nc(COCC(F)(F)C(F)F)[nH]c(=O)c1CCO. The van der Waals surface area contributed by atoms with Gasteiger partial charge in [0.2, 0.25) is 0 Å². The Labute approximate surface area is 111 Å². The molecule has 114 valence electrons. The van der Waals surface area contributed by atoms with E-state index in [4.69, 9.17) is 5.11 Å². The highest BCUT2D eigenvalue weighted by Crippen LogP contribution is 2.23. The number of aryl methyl sites for hydroxylation is 1. The van der Waals surface area contributed by atoms with Crippen molar-refractivity contribution < 1.29 is 27.4 Å². The predicted octanol–water partition coefficient (Wildman–Crippen LogP) is 1.03. The van der Waals surface area contributed by atoms with E-state index in [2.05, 4.69) is 14.7 Å². The maximum Gasteiger partial charge on any atom is 0.330 e. The number of hydrogen-bond donors (Lipinski definition) is 2. The molecule has 0 atom stereocenters. The highest BCUT2D eigenvalue weighted by molar-refractivity contribution is 5.16. The first-order valence-electron chi connectivity index (χ1n) is 5.71.